The fraction of sp³-hybridized carbons (Fsp3) is 0.280. The molecule has 10 nitrogen and oxygen atoms in total. The fourth-order valence-corrected chi connectivity index (χ4v) is 4.18. The van der Waals surface area contributed by atoms with Gasteiger partial charge in [-0.25, -0.2) is 4.98 Å². The molecule has 0 bridgehead atoms. The Morgan fingerprint density at radius 2 is 1.80 bits per heavy atom. The smallest absolute Gasteiger partial charge is 0.289 e. The third-order valence-corrected chi connectivity index (χ3v) is 6.15. The van der Waals surface area contributed by atoms with Crippen LogP contribution in [0.1, 0.15) is 10.6 Å². The lowest BCUT2D eigenvalue weighted by Crippen LogP contribution is -2.51. The van der Waals surface area contributed by atoms with E-state index in [0.717, 1.165) is 22.8 Å². The number of fused-ring (bicyclic) bond motifs is 1. The maximum atomic E-state index is 13.0. The van der Waals surface area contributed by atoms with Crippen LogP contribution in [0.2, 0.25) is 0 Å². The van der Waals surface area contributed by atoms with Gasteiger partial charge in [0.25, 0.3) is 5.91 Å². The van der Waals surface area contributed by atoms with E-state index in [2.05, 4.69) is 10.3 Å². The van der Waals surface area contributed by atoms with Crippen LogP contribution in [0.3, 0.4) is 0 Å². The Balaban J connectivity index is 1.28. The van der Waals surface area contributed by atoms with Crippen LogP contribution in [0.25, 0.3) is 16.9 Å². The van der Waals surface area contributed by atoms with E-state index in [4.69, 9.17) is 9.40 Å². The zero-order valence-corrected chi connectivity index (χ0v) is 19.7. The molecule has 0 unspecified atom stereocenters. The lowest BCUT2D eigenvalue weighted by atomic mass is 10.1. The summed E-state index contributed by atoms with van der Waals surface area (Å²) >= 11 is 0. The molecule has 4 heterocycles. The molecular formula is C25H27N7O3. The maximum Gasteiger partial charge on any atom is 0.289 e. The van der Waals surface area contributed by atoms with Crippen molar-refractivity contribution in [2.75, 3.05) is 57.0 Å². The first-order valence-electron chi connectivity index (χ1n) is 11.5. The summed E-state index contributed by atoms with van der Waals surface area (Å²) in [5, 5.41) is 3.30. The molecule has 2 amide bonds. The molecule has 0 aliphatic carbocycles. The first-order valence-corrected chi connectivity index (χ1v) is 11.5. The second kappa shape index (κ2) is 9.49. The zero-order chi connectivity index (χ0) is 24.4. The van der Waals surface area contributed by atoms with Gasteiger partial charge in [0, 0.05) is 63.9 Å². The number of rotatable bonds is 6. The van der Waals surface area contributed by atoms with Crippen LogP contribution >= 0.6 is 0 Å². The predicted octanol–water partition coefficient (Wildman–Crippen LogP) is 2.45. The summed E-state index contributed by atoms with van der Waals surface area (Å²) in [6.07, 6.45) is 6.70. The number of imidazole rings is 1. The van der Waals surface area contributed by atoms with Crippen molar-refractivity contribution in [1.29, 1.82) is 0 Å². The van der Waals surface area contributed by atoms with Crippen LogP contribution in [0.15, 0.2) is 65.7 Å². The van der Waals surface area contributed by atoms with E-state index in [1.807, 2.05) is 53.9 Å². The molecule has 1 N–H and O–H groups in total. The molecule has 1 aliphatic heterocycles. The van der Waals surface area contributed by atoms with E-state index in [-0.39, 0.29) is 18.4 Å². The van der Waals surface area contributed by atoms with Gasteiger partial charge in [-0.2, -0.15) is 0 Å². The molecule has 180 valence electrons. The highest BCUT2D eigenvalue weighted by Crippen LogP contribution is 2.29. The Bertz CT molecular complexity index is 1320. The van der Waals surface area contributed by atoms with Crippen molar-refractivity contribution >= 4 is 29.0 Å². The van der Waals surface area contributed by atoms with Gasteiger partial charge in [0.2, 0.25) is 5.91 Å². The van der Waals surface area contributed by atoms with Crippen molar-refractivity contribution in [3.8, 4) is 11.3 Å². The number of anilines is 2. The van der Waals surface area contributed by atoms with Crippen LogP contribution in [0.4, 0.5) is 11.5 Å². The summed E-state index contributed by atoms with van der Waals surface area (Å²) in [4.78, 5) is 39.9. The van der Waals surface area contributed by atoms with Crippen molar-refractivity contribution in [2.24, 2.45) is 0 Å². The Labute approximate surface area is 202 Å². The highest BCUT2D eigenvalue weighted by atomic mass is 16.3. The van der Waals surface area contributed by atoms with Gasteiger partial charge in [-0.15, -0.1) is 0 Å². The Morgan fingerprint density at radius 3 is 2.49 bits per heavy atom. The van der Waals surface area contributed by atoms with Gasteiger partial charge in [-0.3, -0.25) is 19.0 Å². The van der Waals surface area contributed by atoms with Crippen molar-refractivity contribution in [1.82, 2.24) is 24.2 Å². The monoisotopic (exact) mass is 473 g/mol. The summed E-state index contributed by atoms with van der Waals surface area (Å²) in [5.74, 6) is 0.872. The molecule has 1 aromatic carbocycles. The SMILES string of the molecule is CN(C)c1ccc(-c2nc3cnccn3c2NCC(=O)N2CCN(C(=O)c3ccco3)CC2)cc1. The predicted molar refractivity (Wildman–Crippen MR) is 132 cm³/mol. The standard InChI is InChI=1S/C25H27N7O3/c1-29(2)19-7-5-18(6-8-19)23-24(32-10-9-26-16-21(32)28-23)27-17-22(33)30-11-13-31(14-12-30)25(34)20-4-3-15-35-20/h3-10,15-16,27H,11-14,17H2,1-2H3. The molecule has 1 aliphatic rings. The van der Waals surface area contributed by atoms with Gasteiger partial charge in [0.15, 0.2) is 11.4 Å². The first kappa shape index (κ1) is 22.5. The number of hydrogen-bond acceptors (Lipinski definition) is 7. The number of nitrogens with one attached hydrogen (secondary N) is 1. The third-order valence-electron chi connectivity index (χ3n) is 6.15. The van der Waals surface area contributed by atoms with Crippen molar-refractivity contribution in [3.63, 3.8) is 0 Å². The molecule has 5 rings (SSSR count). The van der Waals surface area contributed by atoms with Gasteiger partial charge in [-0.1, -0.05) is 12.1 Å². The molecule has 4 aromatic rings. The van der Waals surface area contributed by atoms with Crippen LogP contribution in [-0.2, 0) is 4.79 Å². The number of amides is 2. The van der Waals surface area contributed by atoms with E-state index in [9.17, 15) is 9.59 Å². The number of carbonyl (C=O) groups is 2. The molecule has 0 radical (unpaired) electrons. The van der Waals surface area contributed by atoms with Crippen LogP contribution in [0.5, 0.6) is 0 Å². The second-order valence-corrected chi connectivity index (χ2v) is 8.56. The van der Waals surface area contributed by atoms with E-state index in [1.165, 1.54) is 6.26 Å². The number of piperazine rings is 1. The largest absolute Gasteiger partial charge is 0.459 e. The first-order chi connectivity index (χ1) is 17.0. The summed E-state index contributed by atoms with van der Waals surface area (Å²) in [6, 6.07) is 11.5. The highest BCUT2D eigenvalue weighted by Gasteiger charge is 2.26. The van der Waals surface area contributed by atoms with E-state index >= 15 is 0 Å². The van der Waals surface area contributed by atoms with Crippen LogP contribution in [0, 0.1) is 0 Å². The fourth-order valence-electron chi connectivity index (χ4n) is 4.18. The number of benzene rings is 1. The van der Waals surface area contributed by atoms with Gasteiger partial charge in [0.05, 0.1) is 19.0 Å². The second-order valence-electron chi connectivity index (χ2n) is 8.56. The maximum absolute atomic E-state index is 13.0. The van der Waals surface area contributed by atoms with E-state index in [1.54, 1.807) is 34.3 Å². The molecule has 10 heteroatoms. The van der Waals surface area contributed by atoms with Crippen molar-refractivity contribution in [3.05, 3.63) is 67.0 Å². The van der Waals surface area contributed by atoms with Gasteiger partial charge in [-0.05, 0) is 24.3 Å². The highest BCUT2D eigenvalue weighted by molar-refractivity contribution is 5.91. The summed E-state index contributed by atoms with van der Waals surface area (Å²) in [6.45, 7) is 2.00. The van der Waals surface area contributed by atoms with Gasteiger partial charge >= 0.3 is 0 Å². The minimum absolute atomic E-state index is 0.0343. The summed E-state index contributed by atoms with van der Waals surface area (Å²) in [5.41, 5.74) is 3.48. The zero-order valence-electron chi connectivity index (χ0n) is 19.7. The minimum atomic E-state index is -0.149. The van der Waals surface area contributed by atoms with E-state index in [0.29, 0.717) is 37.6 Å². The molecule has 1 fully saturated rings. The van der Waals surface area contributed by atoms with Gasteiger partial charge < -0.3 is 24.4 Å². The summed E-state index contributed by atoms with van der Waals surface area (Å²) < 4.78 is 7.11. The lowest BCUT2D eigenvalue weighted by Gasteiger charge is -2.34. The molecule has 0 saturated carbocycles. The molecule has 1 saturated heterocycles. The number of furan rings is 1. The lowest BCUT2D eigenvalue weighted by molar-refractivity contribution is -0.130. The average Bonchev–Trinajstić information content (AvgIpc) is 3.55. The third kappa shape index (κ3) is 4.54. The number of hydrogen-bond donors (Lipinski definition) is 1. The molecule has 3 aromatic heterocycles. The topological polar surface area (TPSA) is 99.2 Å². The minimum Gasteiger partial charge on any atom is -0.459 e. The van der Waals surface area contributed by atoms with Gasteiger partial charge in [0.1, 0.15) is 11.5 Å². The van der Waals surface area contributed by atoms with Crippen molar-refractivity contribution < 1.29 is 14.0 Å². The average molecular weight is 474 g/mol. The number of nitrogens with zero attached hydrogens (tertiary/aromatic N) is 6. The summed E-state index contributed by atoms with van der Waals surface area (Å²) in [7, 11) is 3.99. The molecular weight excluding hydrogens is 446 g/mol. The normalized spacial score (nSPS) is 13.8. The van der Waals surface area contributed by atoms with E-state index < -0.39 is 0 Å². The number of carbonyl (C=O) groups excluding carboxylic acids is 2. The number of aromatic nitrogens is 3. The van der Waals surface area contributed by atoms with Crippen LogP contribution in [-0.4, -0.2) is 82.8 Å². The Hall–Kier alpha value is -4.34. The van der Waals surface area contributed by atoms with Crippen molar-refractivity contribution in [2.45, 2.75) is 0 Å². The van der Waals surface area contributed by atoms with Crippen LogP contribution < -0.4 is 10.2 Å². The molecule has 0 spiro atoms. The Morgan fingerprint density at radius 1 is 1.06 bits per heavy atom. The Kier molecular flexibility index (Phi) is 6.09. The quantitative estimate of drug-likeness (QED) is 0.459. The molecule has 0 atom stereocenters. The molecule has 35 heavy (non-hydrogen) atoms.